The number of hydrogen-bond donors (Lipinski definition) is 2. The summed E-state index contributed by atoms with van der Waals surface area (Å²) in [5, 5.41) is 13.9. The van der Waals surface area contributed by atoms with Crippen molar-refractivity contribution in [2.75, 3.05) is 13.2 Å². The minimum atomic E-state index is -1.08. The Morgan fingerprint density at radius 2 is 1.91 bits per heavy atom. The van der Waals surface area contributed by atoms with Crippen molar-refractivity contribution < 1.29 is 19.4 Å². The molecule has 0 aromatic heterocycles. The number of carboxylic acid groups (broad SMARTS) is 1. The Labute approximate surface area is 128 Å². The average Bonchev–Trinajstić information content (AvgIpc) is 2.52. The number of rotatable bonds is 7. The molecule has 2 rings (SSSR count). The zero-order valence-corrected chi connectivity index (χ0v) is 12.4. The van der Waals surface area contributed by atoms with Crippen LogP contribution in [0.25, 0.3) is 10.8 Å². The molecule has 2 N–H and O–H groups in total. The molecule has 0 aliphatic carbocycles. The topological polar surface area (TPSA) is 75.6 Å². The van der Waals surface area contributed by atoms with Crippen LogP contribution in [0.15, 0.2) is 42.5 Å². The second-order valence-corrected chi connectivity index (χ2v) is 4.89. The van der Waals surface area contributed by atoms with E-state index >= 15 is 0 Å². The largest absolute Gasteiger partial charge is 0.479 e. The highest BCUT2D eigenvalue weighted by Crippen LogP contribution is 2.20. The molecule has 0 saturated heterocycles. The number of ether oxygens (including phenoxy) is 1. The molecule has 0 saturated carbocycles. The zero-order valence-electron chi connectivity index (χ0n) is 12.4. The van der Waals surface area contributed by atoms with E-state index in [9.17, 15) is 14.7 Å². The third-order valence-corrected chi connectivity index (χ3v) is 3.34. The summed E-state index contributed by atoms with van der Waals surface area (Å²) in [4.78, 5) is 23.3. The summed E-state index contributed by atoms with van der Waals surface area (Å²) in [6.45, 7) is 2.65. The Morgan fingerprint density at radius 3 is 2.59 bits per heavy atom. The van der Waals surface area contributed by atoms with Crippen molar-refractivity contribution in [2.45, 2.75) is 19.4 Å². The standard InChI is InChI=1S/C17H19NO4/c1-2-22-10-9-15(19)18-16(17(20)21)14-8-7-12-5-3-4-6-13(12)11-14/h3-8,11,16H,2,9-10H2,1H3,(H,18,19)(H,20,21). The fraction of sp³-hybridized carbons (Fsp3) is 0.294. The van der Waals surface area contributed by atoms with Gasteiger partial charge in [0.25, 0.3) is 0 Å². The molecule has 0 aliphatic heterocycles. The van der Waals surface area contributed by atoms with Crippen LogP contribution < -0.4 is 5.32 Å². The van der Waals surface area contributed by atoms with Gasteiger partial charge in [-0.05, 0) is 29.3 Å². The Kier molecular flexibility index (Phi) is 5.49. The first kappa shape index (κ1) is 16.0. The summed E-state index contributed by atoms with van der Waals surface area (Å²) in [7, 11) is 0. The summed E-state index contributed by atoms with van der Waals surface area (Å²) in [6, 6.07) is 12.0. The van der Waals surface area contributed by atoms with Crippen LogP contribution in [0.1, 0.15) is 24.9 Å². The van der Waals surface area contributed by atoms with Gasteiger partial charge >= 0.3 is 5.97 Å². The number of fused-ring (bicyclic) bond motifs is 1. The van der Waals surface area contributed by atoms with Crippen LogP contribution in [-0.4, -0.2) is 30.2 Å². The molecule has 5 heteroatoms. The molecule has 0 bridgehead atoms. The van der Waals surface area contributed by atoms with Gasteiger partial charge in [0.05, 0.1) is 6.61 Å². The number of aliphatic carboxylic acids is 1. The molecule has 2 aromatic rings. The van der Waals surface area contributed by atoms with Crippen molar-refractivity contribution in [1.29, 1.82) is 0 Å². The van der Waals surface area contributed by atoms with Gasteiger partial charge in [0, 0.05) is 13.0 Å². The molecule has 1 amide bonds. The molecular weight excluding hydrogens is 282 g/mol. The van der Waals surface area contributed by atoms with Crippen molar-refractivity contribution in [3.8, 4) is 0 Å². The lowest BCUT2D eigenvalue weighted by molar-refractivity contribution is -0.142. The van der Waals surface area contributed by atoms with Crippen LogP contribution in [0, 0.1) is 0 Å². The molecule has 1 unspecified atom stereocenters. The van der Waals surface area contributed by atoms with Gasteiger partial charge in [0.15, 0.2) is 6.04 Å². The van der Waals surface area contributed by atoms with E-state index in [2.05, 4.69) is 5.32 Å². The average molecular weight is 301 g/mol. The minimum Gasteiger partial charge on any atom is -0.479 e. The maximum Gasteiger partial charge on any atom is 0.330 e. The monoisotopic (exact) mass is 301 g/mol. The van der Waals surface area contributed by atoms with Crippen LogP contribution in [0.5, 0.6) is 0 Å². The fourth-order valence-corrected chi connectivity index (χ4v) is 2.22. The first-order valence-electron chi connectivity index (χ1n) is 7.20. The Hall–Kier alpha value is -2.40. The van der Waals surface area contributed by atoms with Gasteiger partial charge in [-0.3, -0.25) is 4.79 Å². The molecule has 0 radical (unpaired) electrons. The van der Waals surface area contributed by atoms with E-state index in [0.717, 1.165) is 10.8 Å². The summed E-state index contributed by atoms with van der Waals surface area (Å²) < 4.78 is 5.10. The smallest absolute Gasteiger partial charge is 0.330 e. The molecule has 0 spiro atoms. The second kappa shape index (κ2) is 7.56. The maximum absolute atomic E-state index is 11.8. The lowest BCUT2D eigenvalue weighted by Crippen LogP contribution is -2.34. The number of benzene rings is 2. The molecule has 0 aliphatic rings. The van der Waals surface area contributed by atoms with Crippen molar-refractivity contribution in [2.24, 2.45) is 0 Å². The number of nitrogens with one attached hydrogen (secondary N) is 1. The third kappa shape index (κ3) is 4.05. The lowest BCUT2D eigenvalue weighted by Gasteiger charge is -2.15. The van der Waals surface area contributed by atoms with Gasteiger partial charge in [-0.1, -0.05) is 36.4 Å². The van der Waals surface area contributed by atoms with Crippen molar-refractivity contribution >= 4 is 22.6 Å². The van der Waals surface area contributed by atoms with Gasteiger partial charge < -0.3 is 15.2 Å². The maximum atomic E-state index is 11.8. The van der Waals surface area contributed by atoms with Crippen LogP contribution >= 0.6 is 0 Å². The number of carboxylic acids is 1. The first-order chi connectivity index (χ1) is 10.6. The quantitative estimate of drug-likeness (QED) is 0.770. The van der Waals surface area contributed by atoms with Crippen molar-refractivity contribution in [3.05, 3.63) is 48.0 Å². The van der Waals surface area contributed by atoms with Gasteiger partial charge in [-0.25, -0.2) is 4.79 Å². The predicted molar refractivity (Wildman–Crippen MR) is 83.6 cm³/mol. The zero-order chi connectivity index (χ0) is 15.9. The van der Waals surface area contributed by atoms with E-state index in [0.29, 0.717) is 12.2 Å². The molecule has 5 nitrogen and oxygen atoms in total. The molecule has 0 heterocycles. The van der Waals surface area contributed by atoms with Gasteiger partial charge in [0.1, 0.15) is 0 Å². The van der Waals surface area contributed by atoms with Gasteiger partial charge in [-0.15, -0.1) is 0 Å². The number of carbonyl (C=O) groups is 2. The Morgan fingerprint density at radius 1 is 1.18 bits per heavy atom. The van der Waals surface area contributed by atoms with Crippen LogP contribution in [0.4, 0.5) is 0 Å². The van der Waals surface area contributed by atoms with E-state index in [-0.39, 0.29) is 18.9 Å². The second-order valence-electron chi connectivity index (χ2n) is 4.89. The summed E-state index contributed by atoms with van der Waals surface area (Å²) in [5.74, 6) is -1.42. The Bertz CT molecular complexity index is 669. The molecular formula is C17H19NO4. The van der Waals surface area contributed by atoms with E-state index in [1.807, 2.05) is 37.3 Å². The lowest BCUT2D eigenvalue weighted by atomic mass is 10.0. The molecule has 0 fully saturated rings. The molecule has 116 valence electrons. The molecule has 22 heavy (non-hydrogen) atoms. The minimum absolute atomic E-state index is 0.144. The number of amides is 1. The Balaban J connectivity index is 2.15. The summed E-state index contributed by atoms with van der Waals surface area (Å²) in [5.41, 5.74) is 0.552. The summed E-state index contributed by atoms with van der Waals surface area (Å²) >= 11 is 0. The van der Waals surface area contributed by atoms with E-state index in [4.69, 9.17) is 4.74 Å². The SMILES string of the molecule is CCOCCC(=O)NC(C(=O)O)c1ccc2ccccc2c1. The van der Waals surface area contributed by atoms with Crippen LogP contribution in [0.2, 0.25) is 0 Å². The van der Waals surface area contributed by atoms with E-state index in [1.165, 1.54) is 0 Å². The molecule has 1 atom stereocenters. The highest BCUT2D eigenvalue weighted by Gasteiger charge is 2.22. The number of carbonyl (C=O) groups excluding carboxylic acids is 1. The van der Waals surface area contributed by atoms with Gasteiger partial charge in [0.2, 0.25) is 5.91 Å². The fourth-order valence-electron chi connectivity index (χ4n) is 2.22. The van der Waals surface area contributed by atoms with E-state index in [1.54, 1.807) is 12.1 Å². The normalized spacial score (nSPS) is 12.0. The van der Waals surface area contributed by atoms with Crippen molar-refractivity contribution in [3.63, 3.8) is 0 Å². The predicted octanol–water partition coefficient (Wildman–Crippen LogP) is 2.51. The summed E-state index contributed by atoms with van der Waals surface area (Å²) in [6.07, 6.45) is 0.144. The molecule has 2 aromatic carbocycles. The van der Waals surface area contributed by atoms with Crippen LogP contribution in [0.3, 0.4) is 0 Å². The van der Waals surface area contributed by atoms with E-state index < -0.39 is 12.0 Å². The van der Waals surface area contributed by atoms with Crippen molar-refractivity contribution in [1.82, 2.24) is 5.32 Å². The third-order valence-electron chi connectivity index (χ3n) is 3.34. The first-order valence-corrected chi connectivity index (χ1v) is 7.20. The highest BCUT2D eigenvalue weighted by molar-refractivity contribution is 5.88. The van der Waals surface area contributed by atoms with Crippen LogP contribution in [-0.2, 0) is 14.3 Å². The number of hydrogen-bond acceptors (Lipinski definition) is 3. The highest BCUT2D eigenvalue weighted by atomic mass is 16.5. The van der Waals surface area contributed by atoms with Gasteiger partial charge in [-0.2, -0.15) is 0 Å².